The van der Waals surface area contributed by atoms with E-state index in [2.05, 4.69) is 15.6 Å². The minimum Gasteiger partial charge on any atom is -0.481 e. The summed E-state index contributed by atoms with van der Waals surface area (Å²) in [6.45, 7) is 1.77. The van der Waals surface area contributed by atoms with Gasteiger partial charge in [0, 0.05) is 21.3 Å². The highest BCUT2D eigenvalue weighted by Crippen LogP contribution is 2.53. The van der Waals surface area contributed by atoms with Crippen LogP contribution in [0.4, 0.5) is 23.8 Å². The van der Waals surface area contributed by atoms with Gasteiger partial charge in [-0.15, -0.1) is 27.8 Å². The molecule has 1 fully saturated rings. The van der Waals surface area contributed by atoms with E-state index in [0.29, 0.717) is 26.8 Å². The van der Waals surface area contributed by atoms with Crippen LogP contribution < -0.4 is 5.32 Å². The van der Waals surface area contributed by atoms with Gasteiger partial charge < -0.3 is 9.84 Å². The maximum absolute atomic E-state index is 14.0. The van der Waals surface area contributed by atoms with Gasteiger partial charge in [0.25, 0.3) is 0 Å². The predicted molar refractivity (Wildman–Crippen MR) is 154 cm³/mol. The van der Waals surface area contributed by atoms with Crippen molar-refractivity contribution < 1.29 is 32.6 Å². The van der Waals surface area contributed by atoms with Crippen molar-refractivity contribution in [3.8, 4) is 21.0 Å². The van der Waals surface area contributed by atoms with Gasteiger partial charge in [-0.05, 0) is 54.7 Å². The van der Waals surface area contributed by atoms with Crippen molar-refractivity contribution in [2.45, 2.75) is 37.5 Å². The second kappa shape index (κ2) is 10.2. The van der Waals surface area contributed by atoms with E-state index in [0.717, 1.165) is 21.0 Å². The Kier molecular flexibility index (Phi) is 6.81. The Labute approximate surface area is 245 Å². The number of carboxylic acid groups (broad SMARTS) is 1. The quantitative estimate of drug-likeness (QED) is 0.194. The fourth-order valence-electron chi connectivity index (χ4n) is 4.91. The third-order valence-corrected chi connectivity index (χ3v) is 9.67. The normalized spacial score (nSPS) is 15.0. The number of aliphatic carboxylic acids is 1. The second-order valence-electron chi connectivity index (χ2n) is 10.1. The van der Waals surface area contributed by atoms with Crippen molar-refractivity contribution in [3.05, 3.63) is 77.4 Å². The van der Waals surface area contributed by atoms with E-state index in [1.54, 1.807) is 26.1 Å². The van der Waals surface area contributed by atoms with Crippen LogP contribution in [0.5, 0.6) is 0 Å². The molecule has 1 aliphatic rings. The van der Waals surface area contributed by atoms with Crippen molar-refractivity contribution in [2.24, 2.45) is 7.05 Å². The lowest BCUT2D eigenvalue weighted by Crippen LogP contribution is -2.24. The first kappa shape index (κ1) is 27.9. The van der Waals surface area contributed by atoms with Crippen LogP contribution in [0.1, 0.15) is 42.6 Å². The van der Waals surface area contributed by atoms with E-state index >= 15 is 0 Å². The molecule has 0 bridgehead atoms. The molecule has 1 atom stereocenters. The number of benzene rings is 2. The molecule has 0 spiro atoms. The van der Waals surface area contributed by atoms with Gasteiger partial charge in [0.15, 0.2) is 5.82 Å². The molecule has 3 aromatic heterocycles. The minimum atomic E-state index is -4.69. The molecule has 0 saturated heterocycles. The SMILES string of the molecule is C[C@@H](OC(=O)Nc1c(-c2cc3sc(-c4ccc(C5(C(=O)O)CC5)c(C(F)(F)F)c4)cc3s2)nnn1C)c1ccccc1. The zero-order valence-electron chi connectivity index (χ0n) is 22.2. The van der Waals surface area contributed by atoms with Crippen LogP contribution in [0.25, 0.3) is 30.4 Å². The first-order chi connectivity index (χ1) is 20.0. The zero-order chi connectivity index (χ0) is 29.8. The molecule has 1 aliphatic carbocycles. The summed E-state index contributed by atoms with van der Waals surface area (Å²) >= 11 is 2.68. The van der Waals surface area contributed by atoms with Crippen molar-refractivity contribution in [3.63, 3.8) is 0 Å². The summed E-state index contributed by atoms with van der Waals surface area (Å²) in [4.78, 5) is 25.7. The number of fused-ring (bicyclic) bond motifs is 1. The Morgan fingerprint density at radius 2 is 1.71 bits per heavy atom. The van der Waals surface area contributed by atoms with E-state index in [9.17, 15) is 27.9 Å². The van der Waals surface area contributed by atoms with Crippen molar-refractivity contribution in [2.75, 3.05) is 5.32 Å². The number of thiophene rings is 2. The lowest BCUT2D eigenvalue weighted by Gasteiger charge is -2.18. The summed E-state index contributed by atoms with van der Waals surface area (Å²) in [5.41, 5.74) is -0.936. The zero-order valence-corrected chi connectivity index (χ0v) is 23.9. The number of anilines is 1. The molecule has 42 heavy (non-hydrogen) atoms. The molecule has 1 saturated carbocycles. The van der Waals surface area contributed by atoms with Crippen LogP contribution >= 0.6 is 22.7 Å². The molecule has 1 amide bonds. The summed E-state index contributed by atoms with van der Waals surface area (Å²) in [5.74, 6) is -0.894. The number of aryl methyl sites for hydroxylation is 1. The molecule has 2 N–H and O–H groups in total. The monoisotopic (exact) mass is 612 g/mol. The Bertz CT molecular complexity index is 1790. The first-order valence-corrected chi connectivity index (χ1v) is 14.5. The maximum Gasteiger partial charge on any atom is 0.416 e. The van der Waals surface area contributed by atoms with E-state index in [-0.39, 0.29) is 18.4 Å². The number of nitrogens with one attached hydrogen (secondary N) is 1. The van der Waals surface area contributed by atoms with Crippen LogP contribution in [-0.2, 0) is 28.2 Å². The fourth-order valence-corrected chi connectivity index (χ4v) is 7.29. The van der Waals surface area contributed by atoms with Gasteiger partial charge in [-0.3, -0.25) is 10.1 Å². The number of hydrogen-bond donors (Lipinski definition) is 2. The molecule has 3 heterocycles. The number of carboxylic acids is 1. The molecule has 216 valence electrons. The average molecular weight is 613 g/mol. The molecule has 5 aromatic rings. The number of ether oxygens (including phenoxy) is 1. The maximum atomic E-state index is 14.0. The van der Waals surface area contributed by atoms with Gasteiger partial charge in [-0.25, -0.2) is 9.48 Å². The number of alkyl halides is 3. The van der Waals surface area contributed by atoms with Gasteiger partial charge in [-0.2, -0.15) is 13.2 Å². The van der Waals surface area contributed by atoms with Gasteiger partial charge in [-0.1, -0.05) is 47.7 Å². The highest BCUT2D eigenvalue weighted by molar-refractivity contribution is 7.31. The molecular formula is C29H23F3N4O4S2. The summed E-state index contributed by atoms with van der Waals surface area (Å²) in [5, 5.41) is 20.5. The van der Waals surface area contributed by atoms with Crippen LogP contribution in [0.3, 0.4) is 0 Å². The topological polar surface area (TPSA) is 106 Å². The Balaban J connectivity index is 1.26. The summed E-state index contributed by atoms with van der Waals surface area (Å²) in [7, 11) is 1.64. The van der Waals surface area contributed by atoms with Crippen molar-refractivity contribution >= 4 is 50.0 Å². The summed E-state index contributed by atoms with van der Waals surface area (Å²) in [6, 6.07) is 16.9. The van der Waals surface area contributed by atoms with E-state index in [1.807, 2.05) is 36.4 Å². The Hall–Kier alpha value is -4.23. The van der Waals surface area contributed by atoms with Crippen molar-refractivity contribution in [1.82, 2.24) is 15.0 Å². The average Bonchev–Trinajstić information content (AvgIpc) is 3.36. The fraction of sp³-hybridized carbons (Fsp3) is 0.241. The van der Waals surface area contributed by atoms with Gasteiger partial charge in [0.1, 0.15) is 11.8 Å². The number of carbonyl (C=O) groups excluding carboxylic acids is 1. The number of rotatable bonds is 7. The lowest BCUT2D eigenvalue weighted by atomic mass is 9.89. The predicted octanol–water partition coefficient (Wildman–Crippen LogP) is 7.87. The third kappa shape index (κ3) is 5.02. The molecule has 13 heteroatoms. The lowest BCUT2D eigenvalue weighted by molar-refractivity contribution is -0.142. The largest absolute Gasteiger partial charge is 0.481 e. The third-order valence-electron chi connectivity index (χ3n) is 7.32. The van der Waals surface area contributed by atoms with Crippen LogP contribution in [0.15, 0.2) is 60.7 Å². The molecule has 2 aromatic carbocycles. The molecular weight excluding hydrogens is 589 g/mol. The van der Waals surface area contributed by atoms with E-state index < -0.39 is 35.3 Å². The van der Waals surface area contributed by atoms with Crippen LogP contribution in [-0.4, -0.2) is 32.2 Å². The van der Waals surface area contributed by atoms with Gasteiger partial charge in [0.05, 0.1) is 15.9 Å². The molecule has 0 unspecified atom stereocenters. The molecule has 8 nitrogen and oxygen atoms in total. The smallest absolute Gasteiger partial charge is 0.416 e. The van der Waals surface area contributed by atoms with Crippen LogP contribution in [0, 0.1) is 0 Å². The first-order valence-electron chi connectivity index (χ1n) is 12.9. The highest BCUT2D eigenvalue weighted by Gasteiger charge is 2.55. The molecule has 6 rings (SSSR count). The Morgan fingerprint density at radius 1 is 1.05 bits per heavy atom. The summed E-state index contributed by atoms with van der Waals surface area (Å²) in [6.07, 6.45) is -5.46. The van der Waals surface area contributed by atoms with E-state index in [4.69, 9.17) is 4.74 Å². The van der Waals surface area contributed by atoms with E-state index in [1.165, 1.54) is 33.4 Å². The summed E-state index contributed by atoms with van der Waals surface area (Å²) < 4.78 is 50.6. The number of carbonyl (C=O) groups is 2. The van der Waals surface area contributed by atoms with Crippen molar-refractivity contribution in [1.29, 1.82) is 0 Å². The number of halogens is 3. The molecule has 0 aliphatic heterocycles. The minimum absolute atomic E-state index is 0.186. The standard InChI is InChI=1S/C29H23F3N4O4S2/c1-15(16-6-4-3-5-7-16)40-27(39)33-25-24(34-35-36(25)2)23-14-22-21(42-23)13-20(41-22)17-8-9-18(19(12-17)29(30,31)32)28(10-11-28)26(37)38/h3-9,12-15H,10-11H2,1-2H3,(H,33,39)(H,37,38)/t15-/m1/s1. The van der Waals surface area contributed by atoms with Gasteiger partial charge >= 0.3 is 18.2 Å². The highest BCUT2D eigenvalue weighted by atomic mass is 32.1. The number of nitrogens with zero attached hydrogens (tertiary/aromatic N) is 3. The number of hydrogen-bond acceptors (Lipinski definition) is 7. The number of amides is 1. The van der Waals surface area contributed by atoms with Gasteiger partial charge in [0.2, 0.25) is 0 Å². The molecule has 0 radical (unpaired) electrons. The number of aromatic nitrogens is 3. The van der Waals surface area contributed by atoms with Crippen LogP contribution in [0.2, 0.25) is 0 Å². The second-order valence-corrected chi connectivity index (χ2v) is 12.3. The Morgan fingerprint density at radius 3 is 2.36 bits per heavy atom.